The second-order valence-electron chi connectivity index (χ2n) is 5.79. The highest BCUT2D eigenvalue weighted by atomic mass is 16.4. The fourth-order valence-electron chi connectivity index (χ4n) is 2.30. The van der Waals surface area contributed by atoms with Crippen LogP contribution in [0.3, 0.4) is 0 Å². The smallest absolute Gasteiger partial charge is 0.328 e. The van der Waals surface area contributed by atoms with E-state index in [0.29, 0.717) is 0 Å². The summed E-state index contributed by atoms with van der Waals surface area (Å²) in [5, 5.41) is 8.41. The van der Waals surface area contributed by atoms with Crippen LogP contribution in [0.2, 0.25) is 0 Å². The van der Waals surface area contributed by atoms with E-state index >= 15 is 0 Å². The van der Waals surface area contributed by atoms with E-state index in [0.717, 1.165) is 25.3 Å². The zero-order chi connectivity index (χ0) is 16.3. The summed E-state index contributed by atoms with van der Waals surface area (Å²) in [5.74, 6) is -0.895. The van der Waals surface area contributed by atoms with Gasteiger partial charge >= 0.3 is 5.97 Å². The van der Waals surface area contributed by atoms with E-state index in [1.165, 1.54) is 57.8 Å². The fraction of sp³-hybridized carbons (Fsp3) is 0.650. The van der Waals surface area contributed by atoms with Crippen molar-refractivity contribution in [2.45, 2.75) is 84.0 Å². The number of hydrogen-bond donors (Lipinski definition) is 1. The largest absolute Gasteiger partial charge is 0.478 e. The Balaban J connectivity index is 3.23. The highest BCUT2D eigenvalue weighted by molar-refractivity contribution is 5.80. The van der Waals surface area contributed by atoms with Crippen LogP contribution in [-0.4, -0.2) is 11.1 Å². The molecule has 0 rings (SSSR count). The van der Waals surface area contributed by atoms with Crippen LogP contribution in [0.1, 0.15) is 84.0 Å². The maximum absolute atomic E-state index is 10.2. The summed E-state index contributed by atoms with van der Waals surface area (Å²) in [6.07, 6.45) is 26.7. The fourth-order valence-corrected chi connectivity index (χ4v) is 2.30. The van der Waals surface area contributed by atoms with Crippen molar-refractivity contribution in [2.75, 3.05) is 0 Å². The minimum absolute atomic E-state index is 0.895. The monoisotopic (exact) mass is 306 g/mol. The van der Waals surface area contributed by atoms with Crippen molar-refractivity contribution in [1.29, 1.82) is 0 Å². The van der Waals surface area contributed by atoms with Crippen LogP contribution < -0.4 is 0 Å². The highest BCUT2D eigenvalue weighted by Gasteiger charge is 1.90. The second-order valence-corrected chi connectivity index (χ2v) is 5.79. The lowest BCUT2D eigenvalue weighted by Crippen LogP contribution is -1.84. The first-order valence-electron chi connectivity index (χ1n) is 8.98. The topological polar surface area (TPSA) is 37.3 Å². The molecule has 0 aliphatic heterocycles. The average Bonchev–Trinajstić information content (AvgIpc) is 2.50. The van der Waals surface area contributed by atoms with Crippen LogP contribution in [0.4, 0.5) is 0 Å². The van der Waals surface area contributed by atoms with Crippen molar-refractivity contribution < 1.29 is 9.90 Å². The Labute approximate surface area is 137 Å². The number of allylic oxidation sites excluding steroid dienone is 5. The van der Waals surface area contributed by atoms with Crippen molar-refractivity contribution in [3.8, 4) is 0 Å². The van der Waals surface area contributed by atoms with E-state index in [1.54, 1.807) is 12.2 Å². The van der Waals surface area contributed by atoms with E-state index in [4.69, 9.17) is 5.11 Å². The molecule has 1 N–H and O–H groups in total. The average molecular weight is 306 g/mol. The Bertz CT molecular complexity index is 327. The number of carboxylic acids is 1. The lowest BCUT2D eigenvalue weighted by Gasteiger charge is -1.99. The summed E-state index contributed by atoms with van der Waals surface area (Å²) >= 11 is 0. The Morgan fingerprint density at radius 3 is 1.91 bits per heavy atom. The standard InChI is InChI=1S/C20H34O2/c1-2-3-4-5-6-7-8-9-10-11-12-13-14-15-16-17-18-19-20(21)22/h11-12,16-19H,2-10,13-15H2,1H3,(H,21,22). The van der Waals surface area contributed by atoms with Crippen LogP contribution in [0, 0.1) is 0 Å². The molecule has 0 heterocycles. The zero-order valence-electron chi connectivity index (χ0n) is 14.3. The summed E-state index contributed by atoms with van der Waals surface area (Å²) in [5.41, 5.74) is 0. The molecule has 2 nitrogen and oxygen atoms in total. The zero-order valence-corrected chi connectivity index (χ0v) is 14.3. The maximum atomic E-state index is 10.2. The molecule has 0 saturated carbocycles. The summed E-state index contributed by atoms with van der Waals surface area (Å²) in [6.45, 7) is 2.26. The van der Waals surface area contributed by atoms with E-state index < -0.39 is 5.97 Å². The van der Waals surface area contributed by atoms with Gasteiger partial charge < -0.3 is 5.11 Å². The summed E-state index contributed by atoms with van der Waals surface area (Å²) < 4.78 is 0. The molecule has 0 bridgehead atoms. The van der Waals surface area contributed by atoms with Crippen LogP contribution in [0.15, 0.2) is 36.5 Å². The Morgan fingerprint density at radius 1 is 0.727 bits per heavy atom. The molecule has 22 heavy (non-hydrogen) atoms. The second kappa shape index (κ2) is 17.7. The van der Waals surface area contributed by atoms with E-state index in [9.17, 15) is 4.79 Å². The number of carboxylic acid groups (broad SMARTS) is 1. The van der Waals surface area contributed by atoms with Gasteiger partial charge in [-0.3, -0.25) is 0 Å². The molecule has 0 radical (unpaired) electrons. The van der Waals surface area contributed by atoms with Gasteiger partial charge in [0.25, 0.3) is 0 Å². The van der Waals surface area contributed by atoms with Crippen LogP contribution in [0.25, 0.3) is 0 Å². The molecule has 0 fully saturated rings. The van der Waals surface area contributed by atoms with Gasteiger partial charge in [-0.15, -0.1) is 0 Å². The molecule has 0 atom stereocenters. The van der Waals surface area contributed by atoms with Crippen molar-refractivity contribution in [3.05, 3.63) is 36.5 Å². The van der Waals surface area contributed by atoms with Crippen LogP contribution in [0.5, 0.6) is 0 Å². The summed E-state index contributed by atoms with van der Waals surface area (Å²) in [7, 11) is 0. The molecular weight excluding hydrogens is 272 g/mol. The SMILES string of the molecule is CCCCCCCCCCC=CCCCC=CC=CC(=O)O. The molecule has 0 aliphatic carbocycles. The van der Waals surface area contributed by atoms with Gasteiger partial charge in [0.1, 0.15) is 0 Å². The van der Waals surface area contributed by atoms with Crippen molar-refractivity contribution in [2.24, 2.45) is 0 Å². The molecule has 0 aromatic carbocycles. The van der Waals surface area contributed by atoms with Gasteiger partial charge in [0.15, 0.2) is 0 Å². The number of rotatable bonds is 15. The molecule has 0 aromatic heterocycles. The predicted octanol–water partition coefficient (Wildman–Crippen LogP) is 6.44. The van der Waals surface area contributed by atoms with Gasteiger partial charge in [-0.1, -0.05) is 82.2 Å². The van der Waals surface area contributed by atoms with Crippen LogP contribution in [-0.2, 0) is 4.79 Å². The molecule has 0 aliphatic rings. The number of carbonyl (C=O) groups is 1. The highest BCUT2D eigenvalue weighted by Crippen LogP contribution is 2.10. The minimum atomic E-state index is -0.895. The quantitative estimate of drug-likeness (QED) is 0.163. The third kappa shape index (κ3) is 18.7. The first-order valence-corrected chi connectivity index (χ1v) is 8.98. The third-order valence-electron chi connectivity index (χ3n) is 3.62. The normalized spacial score (nSPS) is 12.0. The van der Waals surface area contributed by atoms with Gasteiger partial charge in [0.05, 0.1) is 0 Å². The number of unbranched alkanes of at least 4 members (excludes halogenated alkanes) is 10. The Kier molecular flexibility index (Phi) is 16.7. The molecule has 2 heteroatoms. The molecule has 0 amide bonds. The maximum Gasteiger partial charge on any atom is 0.328 e. The van der Waals surface area contributed by atoms with Crippen molar-refractivity contribution in [3.63, 3.8) is 0 Å². The molecule has 126 valence electrons. The van der Waals surface area contributed by atoms with Gasteiger partial charge in [-0.2, -0.15) is 0 Å². The molecule has 0 aromatic rings. The van der Waals surface area contributed by atoms with Gasteiger partial charge in [-0.25, -0.2) is 4.79 Å². The lowest BCUT2D eigenvalue weighted by molar-refractivity contribution is -0.131. The van der Waals surface area contributed by atoms with Crippen LogP contribution >= 0.6 is 0 Å². The minimum Gasteiger partial charge on any atom is -0.478 e. The van der Waals surface area contributed by atoms with Crippen molar-refractivity contribution in [1.82, 2.24) is 0 Å². The van der Waals surface area contributed by atoms with E-state index in [1.807, 2.05) is 6.08 Å². The molecular formula is C20H34O2. The lowest BCUT2D eigenvalue weighted by atomic mass is 10.1. The van der Waals surface area contributed by atoms with E-state index in [-0.39, 0.29) is 0 Å². The predicted molar refractivity (Wildman–Crippen MR) is 96.1 cm³/mol. The van der Waals surface area contributed by atoms with Gasteiger partial charge in [0, 0.05) is 6.08 Å². The molecule has 0 spiro atoms. The van der Waals surface area contributed by atoms with E-state index in [2.05, 4.69) is 19.1 Å². The summed E-state index contributed by atoms with van der Waals surface area (Å²) in [4.78, 5) is 10.2. The van der Waals surface area contributed by atoms with Gasteiger partial charge in [-0.05, 0) is 32.1 Å². The number of aliphatic carboxylic acids is 1. The first kappa shape index (κ1) is 20.7. The number of hydrogen-bond acceptors (Lipinski definition) is 1. The molecule has 0 saturated heterocycles. The van der Waals surface area contributed by atoms with Gasteiger partial charge in [0.2, 0.25) is 0 Å². The Hall–Kier alpha value is -1.31. The molecule has 0 unspecified atom stereocenters. The van der Waals surface area contributed by atoms with Crippen molar-refractivity contribution >= 4 is 5.97 Å². The first-order chi connectivity index (χ1) is 10.8. The third-order valence-corrected chi connectivity index (χ3v) is 3.62. The Morgan fingerprint density at radius 2 is 1.27 bits per heavy atom. The summed E-state index contributed by atoms with van der Waals surface area (Å²) in [6, 6.07) is 0.